The van der Waals surface area contributed by atoms with Crippen LogP contribution in [0.25, 0.3) is 0 Å². The fourth-order valence-corrected chi connectivity index (χ4v) is 3.66. The third-order valence-corrected chi connectivity index (χ3v) is 5.64. The monoisotopic (exact) mass is 401 g/mol. The molecule has 1 heterocycles. The van der Waals surface area contributed by atoms with Gasteiger partial charge in [-0.2, -0.15) is 0 Å². The average Bonchev–Trinajstić information content (AvgIpc) is 2.68. The Hall–Kier alpha value is -2.71. The summed E-state index contributed by atoms with van der Waals surface area (Å²) in [6.45, 7) is 1.13. The van der Waals surface area contributed by atoms with Crippen molar-refractivity contribution in [3.05, 3.63) is 59.7 Å². The van der Waals surface area contributed by atoms with E-state index in [9.17, 15) is 18.0 Å². The molecule has 0 radical (unpaired) electrons. The van der Waals surface area contributed by atoms with Crippen LogP contribution in [0.2, 0.25) is 0 Å². The lowest BCUT2D eigenvalue weighted by atomic mass is 10.1. The predicted octanol–water partition coefficient (Wildman–Crippen LogP) is 1.82. The van der Waals surface area contributed by atoms with Gasteiger partial charge in [0.05, 0.1) is 4.90 Å². The second kappa shape index (κ2) is 8.53. The highest BCUT2D eigenvalue weighted by Crippen LogP contribution is 2.21. The molecule has 2 aromatic rings. The van der Waals surface area contributed by atoms with Gasteiger partial charge < -0.3 is 10.2 Å². The fraction of sp³-hybridized carbons (Fsp3) is 0.300. The van der Waals surface area contributed by atoms with Crippen LogP contribution in [0.3, 0.4) is 0 Å². The normalized spacial score (nSPS) is 14.8. The molecule has 3 rings (SSSR count). The maximum absolute atomic E-state index is 12.3. The van der Waals surface area contributed by atoms with E-state index in [1.54, 1.807) is 41.3 Å². The maximum Gasteiger partial charge on any atom is 0.251 e. The lowest BCUT2D eigenvalue weighted by Crippen LogP contribution is -2.35. The van der Waals surface area contributed by atoms with Gasteiger partial charge in [0.2, 0.25) is 15.9 Å². The van der Waals surface area contributed by atoms with Gasteiger partial charge in [-0.1, -0.05) is 12.1 Å². The standard InChI is InChI=1S/C20H23N3O4S/c21-28(26,27)18-10-4-15(5-11-18)12-13-22-20(25)16-6-8-17(9-7-16)23-14-2-1-3-19(23)24/h4-11H,1-3,12-14H2,(H,22,25)(H2,21,26,27). The number of rotatable bonds is 6. The Morgan fingerprint density at radius 3 is 2.32 bits per heavy atom. The molecule has 7 nitrogen and oxygen atoms in total. The van der Waals surface area contributed by atoms with E-state index in [0.29, 0.717) is 31.5 Å². The van der Waals surface area contributed by atoms with Gasteiger partial charge >= 0.3 is 0 Å². The molecule has 148 valence electrons. The van der Waals surface area contributed by atoms with Gasteiger partial charge in [-0.15, -0.1) is 0 Å². The summed E-state index contributed by atoms with van der Waals surface area (Å²) in [5.74, 6) is -0.0745. The lowest BCUT2D eigenvalue weighted by Gasteiger charge is -2.26. The largest absolute Gasteiger partial charge is 0.352 e. The lowest BCUT2D eigenvalue weighted by molar-refractivity contribution is -0.119. The van der Waals surface area contributed by atoms with E-state index in [2.05, 4.69) is 5.32 Å². The molecule has 8 heteroatoms. The van der Waals surface area contributed by atoms with Crippen molar-refractivity contribution in [2.75, 3.05) is 18.0 Å². The highest BCUT2D eigenvalue weighted by atomic mass is 32.2. The third-order valence-electron chi connectivity index (χ3n) is 4.72. The Labute approximate surface area is 164 Å². The molecule has 0 saturated carbocycles. The summed E-state index contributed by atoms with van der Waals surface area (Å²) in [7, 11) is -3.70. The molecule has 2 aromatic carbocycles. The zero-order chi connectivity index (χ0) is 20.1. The van der Waals surface area contributed by atoms with Gasteiger partial charge in [-0.05, 0) is 61.2 Å². The van der Waals surface area contributed by atoms with Crippen LogP contribution in [0, 0.1) is 0 Å². The van der Waals surface area contributed by atoms with Crippen molar-refractivity contribution < 1.29 is 18.0 Å². The molecule has 28 heavy (non-hydrogen) atoms. The summed E-state index contributed by atoms with van der Waals surface area (Å²) in [5.41, 5.74) is 2.24. The molecule has 1 aliphatic rings. The summed E-state index contributed by atoms with van der Waals surface area (Å²) in [6, 6.07) is 13.3. The molecule has 1 saturated heterocycles. The van der Waals surface area contributed by atoms with E-state index in [4.69, 9.17) is 5.14 Å². The van der Waals surface area contributed by atoms with Crippen LogP contribution in [0.4, 0.5) is 5.69 Å². The fourth-order valence-electron chi connectivity index (χ4n) is 3.14. The van der Waals surface area contributed by atoms with E-state index in [0.717, 1.165) is 24.1 Å². The molecule has 2 amide bonds. The highest BCUT2D eigenvalue weighted by Gasteiger charge is 2.19. The quantitative estimate of drug-likeness (QED) is 0.769. The molecular weight excluding hydrogens is 378 g/mol. The first-order chi connectivity index (χ1) is 13.3. The van der Waals surface area contributed by atoms with E-state index < -0.39 is 10.0 Å². The Morgan fingerprint density at radius 1 is 1.04 bits per heavy atom. The first kappa shape index (κ1) is 20.0. The molecule has 0 unspecified atom stereocenters. The number of nitrogens with two attached hydrogens (primary N) is 1. The van der Waals surface area contributed by atoms with Gasteiger partial charge in [0.15, 0.2) is 0 Å². The topological polar surface area (TPSA) is 110 Å². The van der Waals surface area contributed by atoms with Gasteiger partial charge in [-0.25, -0.2) is 13.6 Å². The second-order valence-electron chi connectivity index (χ2n) is 6.74. The van der Waals surface area contributed by atoms with E-state index in [-0.39, 0.29) is 16.7 Å². The molecule has 0 spiro atoms. The number of nitrogens with one attached hydrogen (secondary N) is 1. The predicted molar refractivity (Wildman–Crippen MR) is 106 cm³/mol. The average molecular weight is 401 g/mol. The minimum Gasteiger partial charge on any atom is -0.352 e. The van der Waals surface area contributed by atoms with Gasteiger partial charge in [0.25, 0.3) is 5.91 Å². The SMILES string of the molecule is NS(=O)(=O)c1ccc(CCNC(=O)c2ccc(N3CCCCC3=O)cc2)cc1. The number of primary sulfonamides is 1. The number of hydrogen-bond acceptors (Lipinski definition) is 4. The van der Waals surface area contributed by atoms with Crippen LogP contribution in [0.1, 0.15) is 35.2 Å². The number of piperidine rings is 1. The van der Waals surface area contributed by atoms with Crippen LogP contribution in [0.5, 0.6) is 0 Å². The Bertz CT molecular complexity index is 954. The van der Waals surface area contributed by atoms with Crippen LogP contribution < -0.4 is 15.4 Å². The van der Waals surface area contributed by atoms with Crippen molar-refractivity contribution >= 4 is 27.5 Å². The van der Waals surface area contributed by atoms with E-state index in [1.165, 1.54) is 12.1 Å². The summed E-state index contributed by atoms with van der Waals surface area (Å²) in [5, 5.41) is 7.91. The number of anilines is 1. The van der Waals surface area contributed by atoms with Gasteiger partial charge in [-0.3, -0.25) is 9.59 Å². The Balaban J connectivity index is 1.53. The smallest absolute Gasteiger partial charge is 0.251 e. The molecule has 0 bridgehead atoms. The Kier molecular flexibility index (Phi) is 6.11. The summed E-state index contributed by atoms with van der Waals surface area (Å²) in [6.07, 6.45) is 3.06. The molecule has 0 aromatic heterocycles. The van der Waals surface area contributed by atoms with Crippen LogP contribution in [-0.4, -0.2) is 33.3 Å². The van der Waals surface area contributed by atoms with Crippen molar-refractivity contribution in [3.63, 3.8) is 0 Å². The zero-order valence-electron chi connectivity index (χ0n) is 15.4. The number of carbonyl (C=O) groups excluding carboxylic acids is 2. The molecule has 3 N–H and O–H groups in total. The van der Waals surface area contributed by atoms with E-state index in [1.807, 2.05) is 0 Å². The highest BCUT2D eigenvalue weighted by molar-refractivity contribution is 7.89. The molecule has 1 fully saturated rings. The number of hydrogen-bond donors (Lipinski definition) is 2. The first-order valence-electron chi connectivity index (χ1n) is 9.15. The van der Waals surface area contributed by atoms with Gasteiger partial charge in [0.1, 0.15) is 0 Å². The first-order valence-corrected chi connectivity index (χ1v) is 10.7. The summed E-state index contributed by atoms with van der Waals surface area (Å²) in [4.78, 5) is 26.1. The molecular formula is C20H23N3O4S. The zero-order valence-corrected chi connectivity index (χ0v) is 16.2. The van der Waals surface area contributed by atoms with Crippen molar-refractivity contribution in [1.29, 1.82) is 0 Å². The minimum absolute atomic E-state index is 0.0626. The number of sulfonamides is 1. The minimum atomic E-state index is -3.70. The van der Waals surface area contributed by atoms with Crippen LogP contribution in [0.15, 0.2) is 53.4 Å². The third kappa shape index (κ3) is 4.96. The second-order valence-corrected chi connectivity index (χ2v) is 8.31. The number of carbonyl (C=O) groups is 2. The number of nitrogens with zero attached hydrogens (tertiary/aromatic N) is 1. The van der Waals surface area contributed by atoms with Gasteiger partial charge in [0, 0.05) is 30.8 Å². The van der Waals surface area contributed by atoms with Crippen LogP contribution >= 0.6 is 0 Å². The number of benzene rings is 2. The Morgan fingerprint density at radius 2 is 1.71 bits per heavy atom. The molecule has 0 aliphatic carbocycles. The van der Waals surface area contributed by atoms with E-state index >= 15 is 0 Å². The van der Waals surface area contributed by atoms with Crippen molar-refractivity contribution in [1.82, 2.24) is 5.32 Å². The molecule has 1 aliphatic heterocycles. The van der Waals surface area contributed by atoms with Crippen molar-refractivity contribution in [3.8, 4) is 0 Å². The van der Waals surface area contributed by atoms with Crippen molar-refractivity contribution in [2.45, 2.75) is 30.6 Å². The summed E-state index contributed by atoms with van der Waals surface area (Å²) < 4.78 is 22.5. The molecule has 0 atom stereocenters. The summed E-state index contributed by atoms with van der Waals surface area (Å²) >= 11 is 0. The number of amides is 2. The maximum atomic E-state index is 12.3. The van der Waals surface area contributed by atoms with Crippen molar-refractivity contribution in [2.24, 2.45) is 5.14 Å². The van der Waals surface area contributed by atoms with Crippen LogP contribution in [-0.2, 0) is 21.2 Å².